The molecule has 0 saturated carbocycles. The van der Waals surface area contributed by atoms with Gasteiger partial charge in [0.1, 0.15) is 18.8 Å². The Labute approximate surface area is 81.6 Å². The van der Waals surface area contributed by atoms with Crippen LogP contribution in [0.3, 0.4) is 0 Å². The third-order valence-electron chi connectivity index (χ3n) is 2.63. The van der Waals surface area contributed by atoms with Gasteiger partial charge >= 0.3 is 6.09 Å². The van der Waals surface area contributed by atoms with Gasteiger partial charge in [0.2, 0.25) is 0 Å². The molecule has 2 aliphatic heterocycles. The fraction of sp³-hybridized carbons (Fsp3) is 0.667. The molecule has 0 unspecified atom stereocenters. The van der Waals surface area contributed by atoms with Crippen molar-refractivity contribution in [2.75, 3.05) is 13.2 Å². The van der Waals surface area contributed by atoms with E-state index in [1.54, 1.807) is 12.2 Å². The van der Waals surface area contributed by atoms with Crippen LogP contribution in [-0.4, -0.2) is 52.6 Å². The van der Waals surface area contributed by atoms with Crippen LogP contribution in [-0.2, 0) is 4.74 Å². The molecule has 0 aromatic heterocycles. The van der Waals surface area contributed by atoms with Crippen molar-refractivity contribution in [1.29, 1.82) is 0 Å². The van der Waals surface area contributed by atoms with E-state index >= 15 is 0 Å². The molecule has 2 aliphatic rings. The van der Waals surface area contributed by atoms with Crippen LogP contribution in [0.25, 0.3) is 0 Å². The van der Waals surface area contributed by atoms with Crippen LogP contribution in [0.5, 0.6) is 0 Å². The van der Waals surface area contributed by atoms with Crippen LogP contribution in [0.2, 0.25) is 0 Å². The van der Waals surface area contributed by atoms with Crippen molar-refractivity contribution < 1.29 is 19.7 Å². The Bertz CT molecular complexity index is 266. The van der Waals surface area contributed by atoms with E-state index in [0.29, 0.717) is 13.0 Å². The van der Waals surface area contributed by atoms with Gasteiger partial charge in [-0.15, -0.1) is 0 Å². The predicted molar refractivity (Wildman–Crippen MR) is 47.6 cm³/mol. The molecule has 1 fully saturated rings. The van der Waals surface area contributed by atoms with E-state index in [2.05, 4.69) is 0 Å². The Morgan fingerprint density at radius 3 is 3.07 bits per heavy atom. The number of aliphatic hydroxyl groups excluding tert-OH is 2. The first-order chi connectivity index (χ1) is 6.70. The second-order valence-electron chi connectivity index (χ2n) is 3.54. The largest absolute Gasteiger partial charge is 0.447 e. The summed E-state index contributed by atoms with van der Waals surface area (Å²) in [6, 6.07) is -0.414. The third kappa shape index (κ3) is 1.49. The number of hydrogen-bond acceptors (Lipinski definition) is 4. The Balaban J connectivity index is 2.19. The lowest BCUT2D eigenvalue weighted by Crippen LogP contribution is -2.48. The van der Waals surface area contributed by atoms with E-state index in [1.807, 2.05) is 0 Å². The molecule has 1 saturated heterocycles. The molecule has 0 aromatic rings. The highest BCUT2D eigenvalue weighted by molar-refractivity contribution is 5.70. The van der Waals surface area contributed by atoms with Crippen molar-refractivity contribution in [3.8, 4) is 0 Å². The maximum atomic E-state index is 11.2. The molecule has 78 valence electrons. The predicted octanol–water partition coefficient (Wildman–Crippen LogP) is -0.511. The molecule has 0 radical (unpaired) electrons. The zero-order valence-electron chi connectivity index (χ0n) is 7.67. The quantitative estimate of drug-likeness (QED) is 0.515. The van der Waals surface area contributed by atoms with Crippen LogP contribution >= 0.6 is 0 Å². The average Bonchev–Trinajstić information content (AvgIpc) is 2.51. The molecule has 5 nitrogen and oxygen atoms in total. The fourth-order valence-electron chi connectivity index (χ4n) is 1.80. The van der Waals surface area contributed by atoms with E-state index < -0.39 is 24.3 Å². The standard InChI is InChI=1S/C9H13NO4/c11-7-3-1-2-4-10-6(8(7)12)5-14-9(10)13/h1,3,6-8,11-12H,2,4-5H2/b3-1-/t6-,7-,8-/m1/s1. The first-order valence-corrected chi connectivity index (χ1v) is 4.66. The summed E-state index contributed by atoms with van der Waals surface area (Å²) in [4.78, 5) is 12.7. The minimum atomic E-state index is -0.960. The lowest BCUT2D eigenvalue weighted by molar-refractivity contribution is -0.000361. The summed E-state index contributed by atoms with van der Waals surface area (Å²) in [7, 11) is 0. The Kier molecular flexibility index (Phi) is 2.43. The number of rotatable bonds is 0. The van der Waals surface area contributed by atoms with Gasteiger partial charge < -0.3 is 14.9 Å². The molecular weight excluding hydrogens is 186 g/mol. The van der Waals surface area contributed by atoms with Crippen molar-refractivity contribution in [1.82, 2.24) is 4.90 Å². The number of nitrogens with zero attached hydrogens (tertiary/aromatic N) is 1. The summed E-state index contributed by atoms with van der Waals surface area (Å²) in [6.45, 7) is 0.689. The molecule has 1 amide bonds. The molecule has 3 atom stereocenters. The highest BCUT2D eigenvalue weighted by Gasteiger charge is 2.40. The molecule has 2 rings (SSSR count). The van der Waals surface area contributed by atoms with Crippen LogP contribution in [0, 0.1) is 0 Å². The molecule has 0 bridgehead atoms. The summed E-state index contributed by atoms with van der Waals surface area (Å²) in [6.07, 6.45) is 1.71. The van der Waals surface area contributed by atoms with Crippen molar-refractivity contribution in [3.63, 3.8) is 0 Å². The normalized spacial score (nSPS) is 39.7. The maximum Gasteiger partial charge on any atom is 0.410 e. The second kappa shape index (κ2) is 3.59. The summed E-state index contributed by atoms with van der Waals surface area (Å²) in [5.74, 6) is 0. The number of fused-ring (bicyclic) bond motifs is 1. The van der Waals surface area contributed by atoms with Crippen molar-refractivity contribution in [2.45, 2.75) is 24.7 Å². The van der Waals surface area contributed by atoms with Crippen LogP contribution in [0.15, 0.2) is 12.2 Å². The van der Waals surface area contributed by atoms with Gasteiger partial charge in [0.05, 0.1) is 6.04 Å². The van der Waals surface area contributed by atoms with E-state index in [1.165, 1.54) is 4.90 Å². The average molecular weight is 199 g/mol. The van der Waals surface area contributed by atoms with Gasteiger partial charge in [-0.3, -0.25) is 4.90 Å². The minimum Gasteiger partial charge on any atom is -0.447 e. The van der Waals surface area contributed by atoms with E-state index in [4.69, 9.17) is 4.74 Å². The Morgan fingerprint density at radius 2 is 2.29 bits per heavy atom. The van der Waals surface area contributed by atoms with Gasteiger partial charge in [-0.25, -0.2) is 4.79 Å². The topological polar surface area (TPSA) is 70.0 Å². The molecule has 2 heterocycles. The van der Waals surface area contributed by atoms with Crippen molar-refractivity contribution in [3.05, 3.63) is 12.2 Å². The van der Waals surface area contributed by atoms with Crippen molar-refractivity contribution >= 4 is 6.09 Å². The minimum absolute atomic E-state index is 0.158. The zero-order chi connectivity index (χ0) is 10.1. The molecular formula is C9H13NO4. The number of aliphatic hydroxyl groups is 2. The van der Waals surface area contributed by atoms with Gasteiger partial charge in [0.15, 0.2) is 0 Å². The molecule has 0 spiro atoms. The number of carbonyl (C=O) groups is 1. The van der Waals surface area contributed by atoms with Crippen LogP contribution in [0.1, 0.15) is 6.42 Å². The van der Waals surface area contributed by atoms with E-state index in [0.717, 1.165) is 0 Å². The number of cyclic esters (lactones) is 1. The van der Waals surface area contributed by atoms with Crippen LogP contribution < -0.4 is 0 Å². The van der Waals surface area contributed by atoms with Crippen molar-refractivity contribution in [2.24, 2.45) is 0 Å². The summed E-state index contributed by atoms with van der Waals surface area (Å²) in [5.41, 5.74) is 0. The van der Waals surface area contributed by atoms with Crippen LogP contribution in [0.4, 0.5) is 4.79 Å². The number of hydrogen-bond donors (Lipinski definition) is 2. The highest BCUT2D eigenvalue weighted by Crippen LogP contribution is 2.20. The first-order valence-electron chi connectivity index (χ1n) is 4.66. The van der Waals surface area contributed by atoms with Gasteiger partial charge in [-0.2, -0.15) is 0 Å². The SMILES string of the molecule is O=C1OC[C@@H]2[C@@H](O)[C@H](O)/C=C\CCN12. The van der Waals surface area contributed by atoms with Gasteiger partial charge in [-0.05, 0) is 6.42 Å². The van der Waals surface area contributed by atoms with Gasteiger partial charge in [0, 0.05) is 6.54 Å². The maximum absolute atomic E-state index is 11.2. The zero-order valence-corrected chi connectivity index (χ0v) is 7.67. The van der Waals surface area contributed by atoms with E-state index in [9.17, 15) is 15.0 Å². The fourth-order valence-corrected chi connectivity index (χ4v) is 1.80. The number of carbonyl (C=O) groups excluding carboxylic acids is 1. The lowest BCUT2D eigenvalue weighted by atomic mass is 10.0. The molecule has 5 heteroatoms. The van der Waals surface area contributed by atoms with Gasteiger partial charge in [-0.1, -0.05) is 12.2 Å². The third-order valence-corrected chi connectivity index (χ3v) is 2.63. The lowest BCUT2D eigenvalue weighted by Gasteiger charge is -2.28. The van der Waals surface area contributed by atoms with E-state index in [-0.39, 0.29) is 6.61 Å². The summed E-state index contributed by atoms with van der Waals surface area (Å²) < 4.78 is 4.82. The Morgan fingerprint density at radius 1 is 1.50 bits per heavy atom. The summed E-state index contributed by atoms with van der Waals surface area (Å²) >= 11 is 0. The van der Waals surface area contributed by atoms with Gasteiger partial charge in [0.25, 0.3) is 0 Å². The molecule has 2 N–H and O–H groups in total. The first kappa shape index (κ1) is 9.48. The number of amides is 1. The Hall–Kier alpha value is -1.07. The second-order valence-corrected chi connectivity index (χ2v) is 3.54. The molecule has 0 aromatic carbocycles. The monoisotopic (exact) mass is 199 g/mol. The summed E-state index contributed by atoms with van der Waals surface area (Å²) in [5, 5.41) is 19.2. The molecule has 0 aliphatic carbocycles. The molecule has 14 heavy (non-hydrogen) atoms. The number of ether oxygens (including phenoxy) is 1. The highest BCUT2D eigenvalue weighted by atomic mass is 16.6. The smallest absolute Gasteiger partial charge is 0.410 e.